The van der Waals surface area contributed by atoms with Crippen LogP contribution in [0.1, 0.15) is 18.7 Å². The van der Waals surface area contributed by atoms with Gasteiger partial charge in [-0.05, 0) is 19.1 Å². The number of hydrogen-bond acceptors (Lipinski definition) is 4. The lowest BCUT2D eigenvalue weighted by atomic mass is 10.2. The van der Waals surface area contributed by atoms with Gasteiger partial charge < -0.3 is 19.2 Å². The van der Waals surface area contributed by atoms with Gasteiger partial charge in [0, 0.05) is 12.5 Å². The highest BCUT2D eigenvalue weighted by Crippen LogP contribution is 2.23. The van der Waals surface area contributed by atoms with Crippen LogP contribution in [0.4, 0.5) is 0 Å². The molecule has 0 radical (unpaired) electrons. The average molecular weight is 277 g/mol. The molecule has 1 heterocycles. The van der Waals surface area contributed by atoms with E-state index in [1.807, 2.05) is 37.3 Å². The zero-order chi connectivity index (χ0) is 14.4. The molecule has 1 unspecified atom stereocenters. The van der Waals surface area contributed by atoms with Crippen LogP contribution in [0, 0.1) is 0 Å². The highest BCUT2D eigenvalue weighted by molar-refractivity contribution is 5.79. The van der Waals surface area contributed by atoms with Gasteiger partial charge in [-0.2, -0.15) is 0 Å². The van der Waals surface area contributed by atoms with Crippen molar-refractivity contribution in [3.63, 3.8) is 0 Å². The van der Waals surface area contributed by atoms with Gasteiger partial charge in [0.25, 0.3) is 0 Å². The largest absolute Gasteiger partial charge is 0.459 e. The van der Waals surface area contributed by atoms with Crippen molar-refractivity contribution >= 4 is 16.9 Å². The number of methoxy groups -OCH3 is 1. The van der Waals surface area contributed by atoms with Gasteiger partial charge in [-0.1, -0.05) is 18.2 Å². The quantitative estimate of drug-likeness (QED) is 0.789. The summed E-state index contributed by atoms with van der Waals surface area (Å²) in [5, 5.41) is 3.86. The Morgan fingerprint density at radius 2 is 2.15 bits per heavy atom. The number of benzene rings is 1. The lowest BCUT2D eigenvalue weighted by Crippen LogP contribution is -2.30. The summed E-state index contributed by atoms with van der Waals surface area (Å²) < 4.78 is 15.7. The van der Waals surface area contributed by atoms with E-state index in [1.54, 1.807) is 7.11 Å². The van der Waals surface area contributed by atoms with E-state index in [1.165, 1.54) is 0 Å². The fourth-order valence-electron chi connectivity index (χ4n) is 1.88. The molecule has 5 nitrogen and oxygen atoms in total. The fraction of sp³-hybridized carbons (Fsp3) is 0.400. The maximum atomic E-state index is 11.7. The van der Waals surface area contributed by atoms with E-state index in [0.717, 1.165) is 16.7 Å². The van der Waals surface area contributed by atoms with Gasteiger partial charge in [-0.3, -0.25) is 4.79 Å². The van der Waals surface area contributed by atoms with E-state index in [2.05, 4.69) is 5.32 Å². The van der Waals surface area contributed by atoms with Crippen molar-refractivity contribution in [2.75, 3.05) is 26.9 Å². The zero-order valence-electron chi connectivity index (χ0n) is 11.7. The Bertz CT molecular complexity index is 531. The minimum absolute atomic E-state index is 0.0218. The van der Waals surface area contributed by atoms with Gasteiger partial charge >= 0.3 is 0 Å². The Morgan fingerprint density at radius 1 is 1.35 bits per heavy atom. The lowest BCUT2D eigenvalue weighted by Gasteiger charge is -2.11. The van der Waals surface area contributed by atoms with Gasteiger partial charge in [-0.25, -0.2) is 0 Å². The molecule has 1 aromatic carbocycles. The molecule has 0 saturated heterocycles. The number of amides is 1. The van der Waals surface area contributed by atoms with Crippen LogP contribution in [0.5, 0.6) is 0 Å². The third-order valence-corrected chi connectivity index (χ3v) is 2.91. The molecule has 1 aromatic heterocycles. The van der Waals surface area contributed by atoms with Crippen LogP contribution in [0.3, 0.4) is 0 Å². The van der Waals surface area contributed by atoms with Crippen LogP contribution in [0.15, 0.2) is 34.7 Å². The monoisotopic (exact) mass is 277 g/mol. The summed E-state index contributed by atoms with van der Waals surface area (Å²) in [5.74, 6) is 0.561. The first-order chi connectivity index (χ1) is 9.70. The Morgan fingerprint density at radius 3 is 2.90 bits per heavy atom. The first-order valence-corrected chi connectivity index (χ1v) is 6.55. The van der Waals surface area contributed by atoms with Gasteiger partial charge in [-0.15, -0.1) is 0 Å². The first kappa shape index (κ1) is 14.6. The van der Waals surface area contributed by atoms with Crippen LogP contribution < -0.4 is 5.32 Å². The van der Waals surface area contributed by atoms with Crippen molar-refractivity contribution in [2.45, 2.75) is 13.0 Å². The summed E-state index contributed by atoms with van der Waals surface area (Å²) >= 11 is 0. The normalized spacial score (nSPS) is 12.5. The maximum absolute atomic E-state index is 11.7. The van der Waals surface area contributed by atoms with Crippen LogP contribution in [0.2, 0.25) is 0 Å². The molecule has 0 bridgehead atoms. The Labute approximate surface area is 117 Å². The van der Waals surface area contributed by atoms with Crippen molar-refractivity contribution in [3.05, 3.63) is 36.1 Å². The number of para-hydroxylation sites is 1. The molecular formula is C15H19NO4. The molecule has 1 N–H and O–H groups in total. The predicted octanol–water partition coefficient (Wildman–Crippen LogP) is 2.27. The second-order valence-electron chi connectivity index (χ2n) is 4.52. The number of fused-ring (bicyclic) bond motifs is 1. The number of carbonyl (C=O) groups excluding carboxylic acids is 1. The van der Waals surface area contributed by atoms with E-state index < -0.39 is 0 Å². The number of ether oxygens (including phenoxy) is 2. The van der Waals surface area contributed by atoms with Gasteiger partial charge in [0.2, 0.25) is 5.91 Å². The van der Waals surface area contributed by atoms with Crippen LogP contribution in [-0.2, 0) is 14.3 Å². The highest BCUT2D eigenvalue weighted by atomic mass is 16.5. The topological polar surface area (TPSA) is 60.7 Å². The minimum atomic E-state index is -0.194. The summed E-state index contributed by atoms with van der Waals surface area (Å²) in [4.78, 5) is 11.7. The van der Waals surface area contributed by atoms with E-state index in [9.17, 15) is 4.79 Å². The standard InChI is InChI=1S/C15H19NO4/c1-11(16-15(17)10-19-8-7-18-2)14-9-12-5-3-4-6-13(12)20-14/h3-6,9,11H,7-8,10H2,1-2H3,(H,16,17). The molecule has 0 saturated carbocycles. The van der Waals surface area contributed by atoms with E-state index in [-0.39, 0.29) is 18.6 Å². The Balaban J connectivity index is 1.87. The molecular weight excluding hydrogens is 258 g/mol. The molecule has 0 aliphatic rings. The number of furan rings is 1. The first-order valence-electron chi connectivity index (χ1n) is 6.55. The molecule has 20 heavy (non-hydrogen) atoms. The molecule has 108 valence electrons. The van der Waals surface area contributed by atoms with Crippen LogP contribution in [0.25, 0.3) is 11.0 Å². The summed E-state index contributed by atoms with van der Waals surface area (Å²) in [6, 6.07) is 9.50. The van der Waals surface area contributed by atoms with Crippen molar-refractivity contribution < 1.29 is 18.7 Å². The maximum Gasteiger partial charge on any atom is 0.246 e. The van der Waals surface area contributed by atoms with E-state index >= 15 is 0 Å². The van der Waals surface area contributed by atoms with Gasteiger partial charge in [0.05, 0.1) is 19.3 Å². The third kappa shape index (κ3) is 3.82. The minimum Gasteiger partial charge on any atom is -0.459 e. The molecule has 5 heteroatoms. The highest BCUT2D eigenvalue weighted by Gasteiger charge is 2.13. The number of rotatable bonds is 7. The smallest absolute Gasteiger partial charge is 0.246 e. The summed E-state index contributed by atoms with van der Waals surface area (Å²) in [6.45, 7) is 2.79. The Kier molecular flexibility index (Phi) is 5.15. The molecule has 1 amide bonds. The molecule has 0 fully saturated rings. The molecule has 1 atom stereocenters. The van der Waals surface area contributed by atoms with Crippen molar-refractivity contribution in [1.29, 1.82) is 0 Å². The summed E-state index contributed by atoms with van der Waals surface area (Å²) in [5.41, 5.74) is 0.819. The average Bonchev–Trinajstić information content (AvgIpc) is 2.87. The number of hydrogen-bond donors (Lipinski definition) is 1. The zero-order valence-corrected chi connectivity index (χ0v) is 11.7. The summed E-state index contributed by atoms with van der Waals surface area (Å²) in [7, 11) is 1.59. The number of carbonyl (C=O) groups is 1. The van der Waals surface area contributed by atoms with Gasteiger partial charge in [0.1, 0.15) is 18.0 Å². The SMILES string of the molecule is COCCOCC(=O)NC(C)c1cc2ccccc2o1. The fourth-order valence-corrected chi connectivity index (χ4v) is 1.88. The summed E-state index contributed by atoms with van der Waals surface area (Å²) in [6.07, 6.45) is 0. The van der Waals surface area contributed by atoms with Crippen molar-refractivity contribution in [2.24, 2.45) is 0 Å². The Hall–Kier alpha value is -1.85. The van der Waals surface area contributed by atoms with E-state index in [4.69, 9.17) is 13.9 Å². The van der Waals surface area contributed by atoms with Crippen LogP contribution >= 0.6 is 0 Å². The molecule has 0 spiro atoms. The van der Waals surface area contributed by atoms with Crippen molar-refractivity contribution in [1.82, 2.24) is 5.32 Å². The van der Waals surface area contributed by atoms with Crippen molar-refractivity contribution in [3.8, 4) is 0 Å². The third-order valence-electron chi connectivity index (χ3n) is 2.91. The van der Waals surface area contributed by atoms with E-state index in [0.29, 0.717) is 13.2 Å². The predicted molar refractivity (Wildman–Crippen MR) is 75.5 cm³/mol. The number of nitrogens with one attached hydrogen (secondary N) is 1. The lowest BCUT2D eigenvalue weighted by molar-refractivity contribution is -0.126. The molecule has 2 aromatic rings. The van der Waals surface area contributed by atoms with Gasteiger partial charge in [0.15, 0.2) is 0 Å². The molecule has 0 aliphatic carbocycles. The second-order valence-corrected chi connectivity index (χ2v) is 4.52. The second kappa shape index (κ2) is 7.07. The molecule has 0 aliphatic heterocycles. The van der Waals surface area contributed by atoms with Crippen LogP contribution in [-0.4, -0.2) is 32.8 Å². The molecule has 2 rings (SSSR count).